The minimum Gasteiger partial charge on any atom is -0.376 e. The summed E-state index contributed by atoms with van der Waals surface area (Å²) >= 11 is 4.66. The topological polar surface area (TPSA) is 38.0 Å². The van der Waals surface area contributed by atoms with Crippen molar-refractivity contribution in [2.45, 2.75) is 26.7 Å². The standard InChI is InChI=1S/C8H16N2S/c1-3-7(4-2)5-6-10-8(9)11/h5H,3-4,6H2,1-2H3,(H3,9,10,11). The maximum absolute atomic E-state index is 5.25. The molecule has 11 heavy (non-hydrogen) atoms. The van der Waals surface area contributed by atoms with Crippen LogP contribution in [0.2, 0.25) is 0 Å². The lowest BCUT2D eigenvalue weighted by atomic mass is 10.1. The van der Waals surface area contributed by atoms with Crippen LogP contribution in [0.15, 0.2) is 11.6 Å². The van der Waals surface area contributed by atoms with Crippen molar-refractivity contribution in [1.82, 2.24) is 5.32 Å². The van der Waals surface area contributed by atoms with Crippen molar-refractivity contribution < 1.29 is 0 Å². The molecular weight excluding hydrogens is 156 g/mol. The van der Waals surface area contributed by atoms with E-state index in [0.29, 0.717) is 5.11 Å². The molecule has 0 aliphatic carbocycles. The second-order valence-corrected chi connectivity index (χ2v) is 2.75. The Hall–Kier alpha value is -0.570. The van der Waals surface area contributed by atoms with Crippen LogP contribution in [0.5, 0.6) is 0 Å². The van der Waals surface area contributed by atoms with Crippen molar-refractivity contribution in [3.63, 3.8) is 0 Å². The van der Waals surface area contributed by atoms with E-state index >= 15 is 0 Å². The quantitative estimate of drug-likeness (QED) is 0.499. The number of hydrogen-bond acceptors (Lipinski definition) is 1. The molecule has 0 aromatic heterocycles. The Morgan fingerprint density at radius 2 is 2.00 bits per heavy atom. The van der Waals surface area contributed by atoms with Gasteiger partial charge in [0, 0.05) is 6.54 Å². The van der Waals surface area contributed by atoms with Crippen LogP contribution in [0.4, 0.5) is 0 Å². The van der Waals surface area contributed by atoms with Gasteiger partial charge in [-0.25, -0.2) is 0 Å². The van der Waals surface area contributed by atoms with E-state index in [1.165, 1.54) is 5.57 Å². The molecular formula is C8H16N2S. The van der Waals surface area contributed by atoms with Crippen LogP contribution >= 0.6 is 12.2 Å². The lowest BCUT2D eigenvalue weighted by molar-refractivity contribution is 0.939. The first-order chi connectivity index (χ1) is 5.20. The predicted molar refractivity (Wildman–Crippen MR) is 53.5 cm³/mol. The monoisotopic (exact) mass is 172 g/mol. The van der Waals surface area contributed by atoms with Crippen LogP contribution in [-0.4, -0.2) is 11.7 Å². The van der Waals surface area contributed by atoms with Crippen LogP contribution in [0.3, 0.4) is 0 Å². The van der Waals surface area contributed by atoms with Gasteiger partial charge in [0.05, 0.1) is 0 Å². The van der Waals surface area contributed by atoms with Crippen LogP contribution < -0.4 is 11.1 Å². The Morgan fingerprint density at radius 1 is 1.45 bits per heavy atom. The molecule has 0 unspecified atom stereocenters. The lowest BCUT2D eigenvalue weighted by Gasteiger charge is -2.01. The number of rotatable bonds is 4. The van der Waals surface area contributed by atoms with Gasteiger partial charge in [-0.15, -0.1) is 0 Å². The Labute approximate surface area is 73.9 Å². The van der Waals surface area contributed by atoms with Gasteiger partial charge in [-0.1, -0.05) is 25.5 Å². The summed E-state index contributed by atoms with van der Waals surface area (Å²) in [7, 11) is 0. The maximum atomic E-state index is 5.25. The molecule has 0 aromatic carbocycles. The van der Waals surface area contributed by atoms with Crippen LogP contribution in [-0.2, 0) is 0 Å². The Balaban J connectivity index is 3.61. The van der Waals surface area contributed by atoms with Gasteiger partial charge in [0.1, 0.15) is 0 Å². The van der Waals surface area contributed by atoms with E-state index < -0.39 is 0 Å². The highest BCUT2D eigenvalue weighted by Gasteiger charge is 1.88. The molecule has 3 heteroatoms. The third kappa shape index (κ3) is 5.85. The summed E-state index contributed by atoms with van der Waals surface area (Å²) < 4.78 is 0. The zero-order valence-corrected chi connectivity index (χ0v) is 8.00. The fourth-order valence-corrected chi connectivity index (χ4v) is 0.918. The van der Waals surface area contributed by atoms with Gasteiger partial charge >= 0.3 is 0 Å². The van der Waals surface area contributed by atoms with Gasteiger partial charge in [0.15, 0.2) is 5.11 Å². The van der Waals surface area contributed by atoms with E-state index in [1.807, 2.05) is 0 Å². The first-order valence-electron chi connectivity index (χ1n) is 3.91. The molecule has 0 bridgehead atoms. The largest absolute Gasteiger partial charge is 0.376 e. The lowest BCUT2D eigenvalue weighted by Crippen LogP contribution is -2.29. The highest BCUT2D eigenvalue weighted by atomic mass is 32.1. The van der Waals surface area contributed by atoms with Crippen LogP contribution in [0.1, 0.15) is 26.7 Å². The zero-order chi connectivity index (χ0) is 8.69. The molecule has 0 saturated heterocycles. The number of nitrogens with one attached hydrogen (secondary N) is 1. The molecule has 3 N–H and O–H groups in total. The smallest absolute Gasteiger partial charge is 0.163 e. The highest BCUT2D eigenvalue weighted by molar-refractivity contribution is 7.80. The fraction of sp³-hybridized carbons (Fsp3) is 0.625. The van der Waals surface area contributed by atoms with Crippen molar-refractivity contribution in [3.05, 3.63) is 11.6 Å². The summed E-state index contributed by atoms with van der Waals surface area (Å²) in [6.45, 7) is 5.05. The van der Waals surface area contributed by atoms with Crippen LogP contribution in [0.25, 0.3) is 0 Å². The molecule has 0 amide bonds. The van der Waals surface area contributed by atoms with Gasteiger partial charge in [-0.2, -0.15) is 0 Å². The first kappa shape index (κ1) is 10.4. The van der Waals surface area contributed by atoms with E-state index in [0.717, 1.165) is 19.4 Å². The summed E-state index contributed by atoms with van der Waals surface area (Å²) in [4.78, 5) is 0. The Morgan fingerprint density at radius 3 is 2.36 bits per heavy atom. The van der Waals surface area contributed by atoms with Crippen molar-refractivity contribution in [2.24, 2.45) is 5.73 Å². The summed E-state index contributed by atoms with van der Waals surface area (Å²) in [6, 6.07) is 0. The molecule has 0 heterocycles. The molecule has 0 spiro atoms. The Kier molecular flexibility index (Phi) is 5.84. The molecule has 0 fully saturated rings. The first-order valence-corrected chi connectivity index (χ1v) is 4.32. The van der Waals surface area contributed by atoms with Crippen molar-refractivity contribution >= 4 is 17.3 Å². The number of hydrogen-bond donors (Lipinski definition) is 2. The van der Waals surface area contributed by atoms with E-state index in [2.05, 4.69) is 37.5 Å². The molecule has 0 rings (SSSR count). The third-order valence-electron chi connectivity index (χ3n) is 1.58. The average molecular weight is 172 g/mol. The molecule has 2 nitrogen and oxygen atoms in total. The maximum Gasteiger partial charge on any atom is 0.163 e. The highest BCUT2D eigenvalue weighted by Crippen LogP contribution is 2.03. The number of allylic oxidation sites excluding steroid dienone is 1. The van der Waals surface area contributed by atoms with Crippen LogP contribution in [0, 0.1) is 0 Å². The normalized spacial score (nSPS) is 8.91. The van der Waals surface area contributed by atoms with E-state index in [9.17, 15) is 0 Å². The third-order valence-corrected chi connectivity index (χ3v) is 1.72. The summed E-state index contributed by atoms with van der Waals surface area (Å²) in [6.07, 6.45) is 4.35. The fourth-order valence-electron chi connectivity index (χ4n) is 0.835. The number of thiocarbonyl (C=S) groups is 1. The minimum absolute atomic E-state index is 0.368. The van der Waals surface area contributed by atoms with E-state index in [4.69, 9.17) is 5.73 Å². The van der Waals surface area contributed by atoms with Crippen molar-refractivity contribution in [2.75, 3.05) is 6.54 Å². The second kappa shape index (κ2) is 6.16. The predicted octanol–water partition coefficient (Wildman–Crippen LogP) is 1.57. The van der Waals surface area contributed by atoms with Gasteiger partial charge in [0.25, 0.3) is 0 Å². The van der Waals surface area contributed by atoms with Crippen molar-refractivity contribution in [3.8, 4) is 0 Å². The molecule has 0 saturated carbocycles. The van der Waals surface area contributed by atoms with Gasteiger partial charge in [-0.3, -0.25) is 0 Å². The minimum atomic E-state index is 0.368. The SMILES string of the molecule is CCC(=CCNC(N)=S)CC. The van der Waals surface area contributed by atoms with Gasteiger partial charge in [-0.05, 0) is 25.1 Å². The van der Waals surface area contributed by atoms with Crippen molar-refractivity contribution in [1.29, 1.82) is 0 Å². The average Bonchev–Trinajstić information content (AvgIpc) is 1.98. The molecule has 64 valence electrons. The Bertz CT molecular complexity index is 146. The molecule has 0 aromatic rings. The van der Waals surface area contributed by atoms with E-state index in [-0.39, 0.29) is 0 Å². The summed E-state index contributed by atoms with van der Waals surface area (Å²) in [5.74, 6) is 0. The zero-order valence-electron chi connectivity index (χ0n) is 7.18. The molecule has 0 atom stereocenters. The molecule has 0 aliphatic rings. The number of nitrogens with two attached hydrogens (primary N) is 1. The second-order valence-electron chi connectivity index (χ2n) is 2.31. The van der Waals surface area contributed by atoms with Gasteiger partial charge in [0.2, 0.25) is 0 Å². The summed E-state index contributed by atoms with van der Waals surface area (Å²) in [5.41, 5.74) is 6.69. The van der Waals surface area contributed by atoms with E-state index in [1.54, 1.807) is 0 Å². The molecule has 0 radical (unpaired) electrons. The molecule has 0 aliphatic heterocycles. The summed E-state index contributed by atoms with van der Waals surface area (Å²) in [5, 5.41) is 3.25. The van der Waals surface area contributed by atoms with Gasteiger partial charge < -0.3 is 11.1 Å².